The number of halogens is 1. The fraction of sp³-hybridized carbons (Fsp3) is 0.294. The van der Waals surface area contributed by atoms with Crippen LogP contribution in [0, 0.1) is 19.7 Å². The molecule has 0 aliphatic heterocycles. The second-order valence-electron chi connectivity index (χ2n) is 5.50. The van der Waals surface area contributed by atoms with Gasteiger partial charge >= 0.3 is 0 Å². The minimum absolute atomic E-state index is 0.00589. The zero-order valence-corrected chi connectivity index (χ0v) is 13.2. The molecule has 2 rings (SSSR count). The summed E-state index contributed by atoms with van der Waals surface area (Å²) in [6, 6.07) is 11.4. The highest BCUT2D eigenvalue weighted by Gasteiger charge is 2.23. The van der Waals surface area contributed by atoms with Crippen molar-refractivity contribution in [3.63, 3.8) is 0 Å². The first-order chi connectivity index (χ1) is 9.78. The third kappa shape index (κ3) is 3.91. The normalized spacial score (nSPS) is 13.1. The van der Waals surface area contributed by atoms with Gasteiger partial charge in [0.15, 0.2) is 9.84 Å². The fourth-order valence-electron chi connectivity index (χ4n) is 2.45. The predicted molar refractivity (Wildman–Crippen MR) is 83.4 cm³/mol. The van der Waals surface area contributed by atoms with E-state index in [1.807, 2.05) is 32.0 Å². The molecule has 0 fully saturated rings. The summed E-state index contributed by atoms with van der Waals surface area (Å²) in [5, 5.41) is -0.654. The van der Waals surface area contributed by atoms with Gasteiger partial charge < -0.3 is 0 Å². The highest BCUT2D eigenvalue weighted by atomic mass is 32.2. The lowest BCUT2D eigenvalue weighted by molar-refractivity contribution is 0.584. The van der Waals surface area contributed by atoms with Gasteiger partial charge in [0.2, 0.25) is 0 Å². The zero-order valence-electron chi connectivity index (χ0n) is 12.4. The SMILES string of the molecule is Cc1cc(C)cc(CS(=O)(=O)C(C)c2ccc(F)cc2)c1. The summed E-state index contributed by atoms with van der Waals surface area (Å²) in [6.45, 7) is 5.55. The molecule has 0 aliphatic rings. The Morgan fingerprint density at radius 3 is 2.05 bits per heavy atom. The van der Waals surface area contributed by atoms with Crippen LogP contribution in [-0.2, 0) is 15.6 Å². The number of rotatable bonds is 4. The molecule has 2 aromatic rings. The maximum Gasteiger partial charge on any atom is 0.161 e. The van der Waals surface area contributed by atoms with Crippen molar-refractivity contribution in [1.29, 1.82) is 0 Å². The van der Waals surface area contributed by atoms with Gasteiger partial charge in [-0.3, -0.25) is 0 Å². The Labute approximate surface area is 125 Å². The van der Waals surface area contributed by atoms with Crippen LogP contribution < -0.4 is 0 Å². The van der Waals surface area contributed by atoms with Crippen LogP contribution in [0.4, 0.5) is 4.39 Å². The molecular weight excluding hydrogens is 287 g/mol. The molecule has 0 saturated heterocycles. The Hall–Kier alpha value is -1.68. The standard InChI is InChI=1S/C17H19FO2S/c1-12-8-13(2)10-15(9-12)11-21(19,20)14(3)16-4-6-17(18)7-5-16/h4-10,14H,11H2,1-3H3. The first kappa shape index (κ1) is 15.7. The lowest BCUT2D eigenvalue weighted by Gasteiger charge is -2.14. The van der Waals surface area contributed by atoms with E-state index in [4.69, 9.17) is 0 Å². The van der Waals surface area contributed by atoms with E-state index in [1.54, 1.807) is 6.92 Å². The summed E-state index contributed by atoms with van der Waals surface area (Å²) in [5.41, 5.74) is 3.51. The summed E-state index contributed by atoms with van der Waals surface area (Å²) in [7, 11) is -3.34. The lowest BCUT2D eigenvalue weighted by Crippen LogP contribution is -2.13. The van der Waals surface area contributed by atoms with Crippen molar-refractivity contribution in [2.75, 3.05) is 0 Å². The van der Waals surface area contributed by atoms with Crippen molar-refractivity contribution >= 4 is 9.84 Å². The lowest BCUT2D eigenvalue weighted by atomic mass is 10.1. The average Bonchev–Trinajstić information content (AvgIpc) is 2.37. The van der Waals surface area contributed by atoms with Gasteiger partial charge in [-0.2, -0.15) is 0 Å². The van der Waals surface area contributed by atoms with E-state index in [-0.39, 0.29) is 11.6 Å². The molecule has 1 atom stereocenters. The minimum atomic E-state index is -3.34. The van der Waals surface area contributed by atoms with E-state index in [0.717, 1.165) is 16.7 Å². The quantitative estimate of drug-likeness (QED) is 0.851. The van der Waals surface area contributed by atoms with Crippen LogP contribution in [0.5, 0.6) is 0 Å². The van der Waals surface area contributed by atoms with Crippen LogP contribution in [0.1, 0.15) is 34.4 Å². The van der Waals surface area contributed by atoms with E-state index >= 15 is 0 Å². The zero-order chi connectivity index (χ0) is 15.6. The van der Waals surface area contributed by atoms with E-state index in [2.05, 4.69) is 0 Å². The molecule has 0 radical (unpaired) electrons. The van der Waals surface area contributed by atoms with Crippen LogP contribution in [-0.4, -0.2) is 8.42 Å². The van der Waals surface area contributed by atoms with E-state index in [0.29, 0.717) is 5.56 Å². The molecule has 112 valence electrons. The Morgan fingerprint density at radius 2 is 1.52 bits per heavy atom. The highest BCUT2D eigenvalue weighted by molar-refractivity contribution is 7.90. The van der Waals surface area contributed by atoms with Gasteiger partial charge in [0, 0.05) is 0 Å². The van der Waals surface area contributed by atoms with Crippen LogP contribution in [0.25, 0.3) is 0 Å². The Morgan fingerprint density at radius 1 is 1.00 bits per heavy atom. The van der Waals surface area contributed by atoms with Gasteiger partial charge in [0.05, 0.1) is 11.0 Å². The molecular formula is C17H19FO2S. The maximum atomic E-state index is 12.9. The molecule has 2 aromatic carbocycles. The second kappa shape index (κ2) is 5.98. The molecule has 0 aliphatic carbocycles. The molecule has 0 spiro atoms. The molecule has 0 saturated carbocycles. The maximum absolute atomic E-state index is 12.9. The molecule has 0 heterocycles. The molecule has 21 heavy (non-hydrogen) atoms. The number of aryl methyl sites for hydroxylation is 2. The minimum Gasteiger partial charge on any atom is -0.228 e. The van der Waals surface area contributed by atoms with Crippen LogP contribution >= 0.6 is 0 Å². The molecule has 0 N–H and O–H groups in total. The van der Waals surface area contributed by atoms with Crippen molar-refractivity contribution in [3.8, 4) is 0 Å². The summed E-state index contributed by atoms with van der Waals surface area (Å²) >= 11 is 0. The number of hydrogen-bond acceptors (Lipinski definition) is 2. The number of hydrogen-bond donors (Lipinski definition) is 0. The van der Waals surface area contributed by atoms with Crippen molar-refractivity contribution in [3.05, 3.63) is 70.5 Å². The summed E-state index contributed by atoms with van der Waals surface area (Å²) in [6.07, 6.45) is 0. The van der Waals surface area contributed by atoms with E-state index < -0.39 is 15.1 Å². The summed E-state index contributed by atoms with van der Waals surface area (Å²) in [4.78, 5) is 0. The number of benzene rings is 2. The topological polar surface area (TPSA) is 34.1 Å². The summed E-state index contributed by atoms with van der Waals surface area (Å²) in [5.74, 6) is -0.369. The average molecular weight is 306 g/mol. The van der Waals surface area contributed by atoms with Gasteiger partial charge in [-0.15, -0.1) is 0 Å². The fourth-order valence-corrected chi connectivity index (χ4v) is 3.90. The third-order valence-electron chi connectivity index (χ3n) is 3.53. The van der Waals surface area contributed by atoms with Gasteiger partial charge in [0.1, 0.15) is 5.82 Å². The Balaban J connectivity index is 2.27. The van der Waals surface area contributed by atoms with Gasteiger partial charge in [0.25, 0.3) is 0 Å². The molecule has 0 bridgehead atoms. The third-order valence-corrected chi connectivity index (χ3v) is 5.61. The Kier molecular flexibility index (Phi) is 4.47. The molecule has 0 aromatic heterocycles. The number of sulfone groups is 1. The second-order valence-corrected chi connectivity index (χ2v) is 7.82. The van der Waals surface area contributed by atoms with E-state index in [1.165, 1.54) is 24.3 Å². The molecule has 0 amide bonds. The first-order valence-corrected chi connectivity index (χ1v) is 8.54. The van der Waals surface area contributed by atoms with Gasteiger partial charge in [-0.25, -0.2) is 12.8 Å². The van der Waals surface area contributed by atoms with Crippen molar-refractivity contribution in [2.24, 2.45) is 0 Å². The van der Waals surface area contributed by atoms with Gasteiger partial charge in [-0.1, -0.05) is 41.5 Å². The molecule has 4 heteroatoms. The smallest absolute Gasteiger partial charge is 0.161 e. The predicted octanol–water partition coefficient (Wildman–Crippen LogP) is 4.12. The monoisotopic (exact) mass is 306 g/mol. The highest BCUT2D eigenvalue weighted by Crippen LogP contribution is 2.26. The van der Waals surface area contributed by atoms with Crippen molar-refractivity contribution < 1.29 is 12.8 Å². The molecule has 2 nitrogen and oxygen atoms in total. The largest absolute Gasteiger partial charge is 0.228 e. The molecule has 1 unspecified atom stereocenters. The van der Waals surface area contributed by atoms with Crippen LogP contribution in [0.2, 0.25) is 0 Å². The van der Waals surface area contributed by atoms with Crippen molar-refractivity contribution in [2.45, 2.75) is 31.8 Å². The van der Waals surface area contributed by atoms with Crippen LogP contribution in [0.15, 0.2) is 42.5 Å². The Bertz CT molecular complexity index is 714. The van der Waals surface area contributed by atoms with Crippen LogP contribution in [0.3, 0.4) is 0 Å². The summed E-state index contributed by atoms with van der Waals surface area (Å²) < 4.78 is 38.0. The van der Waals surface area contributed by atoms with E-state index in [9.17, 15) is 12.8 Å². The first-order valence-electron chi connectivity index (χ1n) is 6.82. The van der Waals surface area contributed by atoms with Crippen molar-refractivity contribution in [1.82, 2.24) is 0 Å². The van der Waals surface area contributed by atoms with Gasteiger partial charge in [-0.05, 0) is 44.0 Å².